The fraction of sp³-hybridized carbons (Fsp3) is 0.222. The molecule has 0 aliphatic carbocycles. The Kier molecular flexibility index (Phi) is 4.03. The van der Waals surface area contributed by atoms with E-state index in [9.17, 15) is 0 Å². The number of benzene rings is 2. The highest BCUT2D eigenvalue weighted by Crippen LogP contribution is 2.28. The summed E-state index contributed by atoms with van der Waals surface area (Å²) >= 11 is 1.83. The lowest BCUT2D eigenvalue weighted by molar-refractivity contribution is 0.688. The van der Waals surface area contributed by atoms with Gasteiger partial charge >= 0.3 is 0 Å². The van der Waals surface area contributed by atoms with Crippen LogP contribution in [0.4, 0.5) is 5.69 Å². The van der Waals surface area contributed by atoms with Crippen LogP contribution in [0.1, 0.15) is 30.7 Å². The number of hydrogen-bond acceptors (Lipinski definition) is 2. The average molecular weight is 281 g/mol. The topological polar surface area (TPSA) is 12.0 Å². The zero-order chi connectivity index (χ0) is 13.8. The Morgan fingerprint density at radius 3 is 2.60 bits per heavy atom. The van der Waals surface area contributed by atoms with Crippen molar-refractivity contribution < 1.29 is 0 Å². The van der Waals surface area contributed by atoms with E-state index >= 15 is 0 Å². The molecule has 1 heterocycles. The molecule has 3 aromatic rings. The van der Waals surface area contributed by atoms with E-state index < -0.39 is 0 Å². The van der Waals surface area contributed by atoms with Crippen molar-refractivity contribution in [1.29, 1.82) is 0 Å². The summed E-state index contributed by atoms with van der Waals surface area (Å²) in [5.41, 5.74) is 1.20. The lowest BCUT2D eigenvalue weighted by Gasteiger charge is -2.18. The standard InChI is InChI=1S/C18H19NS/c1-2-6-17(18-9-5-12-20-18)19-16-11-10-14-7-3-4-8-15(14)13-16/h3-5,7-13,17,19H,2,6H2,1H3. The molecule has 0 aliphatic heterocycles. The third kappa shape index (κ3) is 2.86. The molecule has 3 rings (SSSR count). The van der Waals surface area contributed by atoms with Gasteiger partial charge in [-0.3, -0.25) is 0 Å². The molecule has 1 unspecified atom stereocenters. The Balaban J connectivity index is 1.86. The summed E-state index contributed by atoms with van der Waals surface area (Å²) in [4.78, 5) is 1.42. The third-order valence-corrected chi connectivity index (χ3v) is 4.54. The summed E-state index contributed by atoms with van der Waals surface area (Å²) in [5.74, 6) is 0. The van der Waals surface area contributed by atoms with Gasteiger partial charge in [0, 0.05) is 10.6 Å². The Morgan fingerprint density at radius 1 is 1.00 bits per heavy atom. The van der Waals surface area contributed by atoms with Gasteiger partial charge in [-0.15, -0.1) is 11.3 Å². The summed E-state index contributed by atoms with van der Waals surface area (Å²) in [7, 11) is 0. The number of rotatable bonds is 5. The highest BCUT2D eigenvalue weighted by molar-refractivity contribution is 7.10. The van der Waals surface area contributed by atoms with Crippen molar-refractivity contribution >= 4 is 27.8 Å². The van der Waals surface area contributed by atoms with Crippen LogP contribution in [0, 0.1) is 0 Å². The maximum Gasteiger partial charge on any atom is 0.0606 e. The maximum atomic E-state index is 3.68. The average Bonchev–Trinajstić information content (AvgIpc) is 3.01. The number of nitrogens with one attached hydrogen (secondary N) is 1. The lowest BCUT2D eigenvalue weighted by atomic mass is 10.1. The van der Waals surface area contributed by atoms with Crippen molar-refractivity contribution in [3.63, 3.8) is 0 Å². The van der Waals surface area contributed by atoms with E-state index in [1.54, 1.807) is 0 Å². The summed E-state index contributed by atoms with van der Waals surface area (Å²) in [5, 5.41) is 8.42. The van der Waals surface area contributed by atoms with Crippen LogP contribution >= 0.6 is 11.3 Å². The molecule has 2 heteroatoms. The normalized spacial score (nSPS) is 12.4. The van der Waals surface area contributed by atoms with E-state index in [1.165, 1.54) is 27.8 Å². The Bertz CT molecular complexity index is 673. The van der Waals surface area contributed by atoms with Gasteiger partial charge in [0.05, 0.1) is 6.04 Å². The van der Waals surface area contributed by atoms with Crippen LogP contribution < -0.4 is 5.32 Å². The van der Waals surface area contributed by atoms with Crippen molar-refractivity contribution in [2.24, 2.45) is 0 Å². The van der Waals surface area contributed by atoms with E-state index in [-0.39, 0.29) is 0 Å². The second-order valence-corrected chi connectivity index (χ2v) is 6.04. The molecule has 20 heavy (non-hydrogen) atoms. The smallest absolute Gasteiger partial charge is 0.0606 e. The van der Waals surface area contributed by atoms with Gasteiger partial charge in [0.25, 0.3) is 0 Å². The van der Waals surface area contributed by atoms with Gasteiger partial charge in [0.2, 0.25) is 0 Å². The zero-order valence-electron chi connectivity index (χ0n) is 11.7. The molecule has 1 N–H and O–H groups in total. The molecule has 0 spiro atoms. The molecule has 0 saturated carbocycles. The highest BCUT2D eigenvalue weighted by Gasteiger charge is 2.11. The molecular weight excluding hydrogens is 262 g/mol. The summed E-state index contributed by atoms with van der Waals surface area (Å²) in [6.07, 6.45) is 2.34. The fourth-order valence-corrected chi connectivity index (χ4v) is 3.36. The van der Waals surface area contributed by atoms with Crippen LogP contribution in [0.3, 0.4) is 0 Å². The summed E-state index contributed by atoms with van der Waals surface area (Å²) in [6, 6.07) is 19.9. The minimum Gasteiger partial charge on any atom is -0.377 e. The van der Waals surface area contributed by atoms with Crippen molar-refractivity contribution in [1.82, 2.24) is 0 Å². The van der Waals surface area contributed by atoms with E-state index in [1.807, 2.05) is 11.3 Å². The molecule has 0 saturated heterocycles. The van der Waals surface area contributed by atoms with Crippen LogP contribution in [-0.4, -0.2) is 0 Å². The van der Waals surface area contributed by atoms with Gasteiger partial charge in [-0.25, -0.2) is 0 Å². The van der Waals surface area contributed by atoms with Gasteiger partial charge in [-0.05, 0) is 40.8 Å². The molecule has 1 nitrogen and oxygen atoms in total. The van der Waals surface area contributed by atoms with Crippen LogP contribution in [0.5, 0.6) is 0 Å². The molecule has 0 amide bonds. The lowest BCUT2D eigenvalue weighted by Crippen LogP contribution is -2.08. The molecule has 102 valence electrons. The van der Waals surface area contributed by atoms with Gasteiger partial charge in [0.15, 0.2) is 0 Å². The van der Waals surface area contributed by atoms with Gasteiger partial charge in [0.1, 0.15) is 0 Å². The van der Waals surface area contributed by atoms with Crippen LogP contribution in [0.25, 0.3) is 10.8 Å². The molecule has 0 fully saturated rings. The highest BCUT2D eigenvalue weighted by atomic mass is 32.1. The van der Waals surface area contributed by atoms with Crippen LogP contribution in [0.15, 0.2) is 60.0 Å². The predicted octanol–water partition coefficient (Wildman–Crippen LogP) is 5.85. The van der Waals surface area contributed by atoms with E-state index in [0.29, 0.717) is 6.04 Å². The second kappa shape index (κ2) is 6.10. The maximum absolute atomic E-state index is 3.68. The molecule has 1 aromatic heterocycles. The Labute approximate surface area is 124 Å². The van der Waals surface area contributed by atoms with Gasteiger partial charge in [-0.1, -0.05) is 49.7 Å². The van der Waals surface area contributed by atoms with Crippen molar-refractivity contribution in [3.05, 3.63) is 64.9 Å². The molecule has 0 radical (unpaired) electrons. The minimum atomic E-state index is 0.418. The minimum absolute atomic E-state index is 0.418. The monoisotopic (exact) mass is 281 g/mol. The number of thiophene rings is 1. The Hall–Kier alpha value is -1.80. The largest absolute Gasteiger partial charge is 0.377 e. The van der Waals surface area contributed by atoms with E-state index in [4.69, 9.17) is 0 Å². The first-order valence-electron chi connectivity index (χ1n) is 7.15. The first kappa shape index (κ1) is 13.2. The third-order valence-electron chi connectivity index (χ3n) is 3.55. The predicted molar refractivity (Wildman–Crippen MR) is 89.5 cm³/mol. The Morgan fingerprint density at radius 2 is 1.85 bits per heavy atom. The number of anilines is 1. The number of hydrogen-bond donors (Lipinski definition) is 1. The van der Waals surface area contributed by atoms with Crippen molar-refractivity contribution in [2.75, 3.05) is 5.32 Å². The zero-order valence-corrected chi connectivity index (χ0v) is 12.5. The molecule has 0 aliphatic rings. The van der Waals surface area contributed by atoms with Crippen molar-refractivity contribution in [2.45, 2.75) is 25.8 Å². The summed E-state index contributed by atoms with van der Waals surface area (Å²) < 4.78 is 0. The molecular formula is C18H19NS. The first-order valence-corrected chi connectivity index (χ1v) is 8.03. The van der Waals surface area contributed by atoms with Crippen LogP contribution in [-0.2, 0) is 0 Å². The van der Waals surface area contributed by atoms with E-state index in [0.717, 1.165) is 6.42 Å². The van der Waals surface area contributed by atoms with Crippen molar-refractivity contribution in [3.8, 4) is 0 Å². The SMILES string of the molecule is CCCC(Nc1ccc2ccccc2c1)c1cccs1. The van der Waals surface area contributed by atoms with Crippen LogP contribution in [0.2, 0.25) is 0 Å². The van der Waals surface area contributed by atoms with Gasteiger partial charge in [-0.2, -0.15) is 0 Å². The van der Waals surface area contributed by atoms with E-state index in [2.05, 4.69) is 72.2 Å². The first-order chi connectivity index (χ1) is 9.86. The molecule has 0 bridgehead atoms. The quantitative estimate of drug-likeness (QED) is 0.618. The van der Waals surface area contributed by atoms with Gasteiger partial charge < -0.3 is 5.32 Å². The molecule has 2 aromatic carbocycles. The second-order valence-electron chi connectivity index (χ2n) is 5.06. The number of fused-ring (bicyclic) bond motifs is 1. The summed E-state index contributed by atoms with van der Waals surface area (Å²) in [6.45, 7) is 2.24. The molecule has 1 atom stereocenters. The fourth-order valence-electron chi connectivity index (χ4n) is 2.54.